The largest absolute Gasteiger partial charge is 0.489 e. The van der Waals surface area contributed by atoms with Crippen LogP contribution in [0.2, 0.25) is 0 Å². The highest BCUT2D eigenvalue weighted by Crippen LogP contribution is 2.35. The fraction of sp³-hybridized carbons (Fsp3) is 0.200. The van der Waals surface area contributed by atoms with Crippen LogP contribution < -0.4 is 14.8 Å². The lowest BCUT2D eigenvalue weighted by Gasteiger charge is -2.15. The molecule has 0 aliphatic rings. The molecular weight excluding hydrogens is 470 g/mol. The minimum absolute atomic E-state index is 0.0482. The van der Waals surface area contributed by atoms with Gasteiger partial charge >= 0.3 is 6.18 Å². The molecule has 0 aliphatic heterocycles. The second kappa shape index (κ2) is 11.5. The molecule has 0 radical (unpaired) electrons. The second-order valence-electron chi connectivity index (χ2n) is 7.25. The summed E-state index contributed by atoms with van der Waals surface area (Å²) in [5.41, 5.74) is -0.474. The molecule has 6 nitrogen and oxygen atoms in total. The maximum absolute atomic E-state index is 13.1. The molecule has 35 heavy (non-hydrogen) atoms. The average molecular weight is 491 g/mol. The summed E-state index contributed by atoms with van der Waals surface area (Å²) in [4.78, 5) is 24.8. The van der Waals surface area contributed by atoms with Gasteiger partial charge in [-0.2, -0.15) is 13.2 Å². The van der Waals surface area contributed by atoms with Gasteiger partial charge in [-0.25, -0.2) is 4.39 Å². The number of carbonyl (C=O) groups excluding carboxylic acids is 2. The Morgan fingerprint density at radius 2 is 1.49 bits per heavy atom. The molecule has 0 saturated heterocycles. The number of rotatable bonds is 10. The van der Waals surface area contributed by atoms with Gasteiger partial charge in [-0.15, -0.1) is 0 Å². The predicted octanol–water partition coefficient (Wildman–Crippen LogP) is 5.12. The Balaban J connectivity index is 1.63. The lowest BCUT2D eigenvalue weighted by atomic mass is 10.0. The van der Waals surface area contributed by atoms with Crippen LogP contribution >= 0.6 is 0 Å². The number of benzene rings is 3. The van der Waals surface area contributed by atoms with Crippen LogP contribution in [0.3, 0.4) is 0 Å². The maximum atomic E-state index is 13.1. The molecule has 0 atom stereocenters. The quantitative estimate of drug-likeness (QED) is 0.242. The molecule has 0 spiro atoms. The fourth-order valence-electron chi connectivity index (χ4n) is 2.97. The third-order valence-electron chi connectivity index (χ3n) is 4.72. The third-order valence-corrected chi connectivity index (χ3v) is 4.72. The number of halogens is 4. The van der Waals surface area contributed by atoms with Crippen LogP contribution in [0.25, 0.3) is 0 Å². The summed E-state index contributed by atoms with van der Waals surface area (Å²) in [7, 11) is 1.45. The second-order valence-corrected chi connectivity index (χ2v) is 7.25. The number of ketones is 1. The van der Waals surface area contributed by atoms with Crippen LogP contribution in [0, 0.1) is 5.82 Å². The Morgan fingerprint density at radius 1 is 0.857 bits per heavy atom. The number of ether oxygens (including phenoxy) is 3. The predicted molar refractivity (Wildman–Crippen MR) is 119 cm³/mol. The molecule has 0 bridgehead atoms. The molecule has 0 saturated carbocycles. The molecule has 0 aliphatic carbocycles. The van der Waals surface area contributed by atoms with E-state index in [9.17, 15) is 27.2 Å². The first-order chi connectivity index (χ1) is 16.7. The Kier molecular flexibility index (Phi) is 8.43. The highest BCUT2D eigenvalue weighted by Gasteiger charge is 2.31. The van der Waals surface area contributed by atoms with Crippen LogP contribution in [0.4, 0.5) is 23.2 Å². The summed E-state index contributed by atoms with van der Waals surface area (Å²) in [6.45, 7) is -0.222. The van der Waals surface area contributed by atoms with Crippen molar-refractivity contribution in [2.45, 2.75) is 6.18 Å². The van der Waals surface area contributed by atoms with E-state index in [2.05, 4.69) is 5.32 Å². The Morgan fingerprint density at radius 3 is 2.09 bits per heavy atom. The first kappa shape index (κ1) is 25.7. The van der Waals surface area contributed by atoms with Crippen LogP contribution in [-0.2, 0) is 15.7 Å². The van der Waals surface area contributed by atoms with E-state index in [4.69, 9.17) is 14.2 Å². The van der Waals surface area contributed by atoms with Crippen molar-refractivity contribution in [3.8, 4) is 11.5 Å². The molecular formula is C25H21F4NO5. The molecule has 0 heterocycles. The van der Waals surface area contributed by atoms with Gasteiger partial charge < -0.3 is 19.5 Å². The number of anilines is 1. The van der Waals surface area contributed by atoms with E-state index in [0.29, 0.717) is 11.1 Å². The van der Waals surface area contributed by atoms with Gasteiger partial charge in [0.05, 0.1) is 17.9 Å². The van der Waals surface area contributed by atoms with Crippen LogP contribution in [0.1, 0.15) is 21.5 Å². The van der Waals surface area contributed by atoms with Gasteiger partial charge in [0.15, 0.2) is 12.4 Å². The van der Waals surface area contributed by atoms with Crippen molar-refractivity contribution in [3.05, 3.63) is 89.2 Å². The molecule has 3 rings (SSSR count). The summed E-state index contributed by atoms with van der Waals surface area (Å²) in [5, 5.41) is 2.36. The van der Waals surface area contributed by atoms with E-state index >= 15 is 0 Å². The lowest BCUT2D eigenvalue weighted by molar-refractivity contribution is -0.137. The average Bonchev–Trinajstić information content (AvgIpc) is 2.83. The molecule has 0 fully saturated rings. The molecule has 184 valence electrons. The maximum Gasteiger partial charge on any atom is 0.416 e. The zero-order valence-corrected chi connectivity index (χ0v) is 18.5. The lowest BCUT2D eigenvalue weighted by Crippen LogP contribution is -2.21. The van der Waals surface area contributed by atoms with Gasteiger partial charge in [-0.1, -0.05) is 0 Å². The van der Waals surface area contributed by atoms with Crippen molar-refractivity contribution in [2.75, 3.05) is 32.2 Å². The van der Waals surface area contributed by atoms with Gasteiger partial charge in [0.25, 0.3) is 5.91 Å². The van der Waals surface area contributed by atoms with Crippen molar-refractivity contribution in [1.82, 2.24) is 0 Å². The van der Waals surface area contributed by atoms with Gasteiger partial charge in [-0.3, -0.25) is 9.59 Å². The zero-order valence-electron chi connectivity index (χ0n) is 18.5. The van der Waals surface area contributed by atoms with E-state index in [1.807, 2.05) is 0 Å². The molecule has 10 heteroatoms. The summed E-state index contributed by atoms with van der Waals surface area (Å²) < 4.78 is 67.9. The van der Waals surface area contributed by atoms with Crippen molar-refractivity contribution in [2.24, 2.45) is 0 Å². The van der Waals surface area contributed by atoms with E-state index in [1.165, 1.54) is 55.6 Å². The number of hydrogen-bond acceptors (Lipinski definition) is 5. The van der Waals surface area contributed by atoms with Gasteiger partial charge in [0.2, 0.25) is 0 Å². The highest BCUT2D eigenvalue weighted by atomic mass is 19.4. The standard InChI is InChI=1S/C25H21F4NO5/c1-33-12-13-34-22-11-6-18(25(27,28)29)14-21(22)30-23(31)15-35-20-9-4-17(5-10-20)24(32)16-2-7-19(26)8-3-16/h2-11,14H,12-13,15H2,1H3,(H,30,31). The number of hydrogen-bond donors (Lipinski definition) is 1. The van der Waals surface area contributed by atoms with Crippen molar-refractivity contribution in [1.29, 1.82) is 0 Å². The van der Waals surface area contributed by atoms with Crippen LogP contribution in [0.5, 0.6) is 11.5 Å². The fourth-order valence-corrected chi connectivity index (χ4v) is 2.97. The van der Waals surface area contributed by atoms with E-state index in [1.54, 1.807) is 0 Å². The van der Waals surface area contributed by atoms with Crippen LogP contribution in [-0.4, -0.2) is 38.6 Å². The first-order valence-corrected chi connectivity index (χ1v) is 10.3. The highest BCUT2D eigenvalue weighted by molar-refractivity contribution is 6.09. The minimum atomic E-state index is -4.60. The number of nitrogens with one attached hydrogen (secondary N) is 1. The number of alkyl halides is 3. The smallest absolute Gasteiger partial charge is 0.416 e. The number of methoxy groups -OCH3 is 1. The molecule has 3 aromatic rings. The molecule has 1 N–H and O–H groups in total. The number of amides is 1. The first-order valence-electron chi connectivity index (χ1n) is 10.3. The summed E-state index contributed by atoms with van der Waals surface area (Å²) in [6, 6.07) is 13.7. The van der Waals surface area contributed by atoms with Crippen molar-refractivity contribution in [3.63, 3.8) is 0 Å². The molecule has 1 amide bonds. The summed E-state index contributed by atoms with van der Waals surface area (Å²) >= 11 is 0. The van der Waals surface area contributed by atoms with Crippen molar-refractivity contribution >= 4 is 17.4 Å². The summed E-state index contributed by atoms with van der Waals surface area (Å²) in [6.07, 6.45) is -4.60. The molecule has 0 unspecified atom stereocenters. The topological polar surface area (TPSA) is 73.9 Å². The SMILES string of the molecule is COCCOc1ccc(C(F)(F)F)cc1NC(=O)COc1ccc(C(=O)c2ccc(F)cc2)cc1. The normalized spacial score (nSPS) is 11.1. The van der Waals surface area contributed by atoms with Crippen molar-refractivity contribution < 1.29 is 41.4 Å². The Hall–Kier alpha value is -3.92. The van der Waals surface area contributed by atoms with Gasteiger partial charge in [-0.05, 0) is 66.7 Å². The molecule has 0 aromatic heterocycles. The zero-order chi connectivity index (χ0) is 25.4. The monoisotopic (exact) mass is 491 g/mol. The molecule has 3 aromatic carbocycles. The Bertz CT molecular complexity index is 1160. The van der Waals surface area contributed by atoms with E-state index < -0.39 is 30.1 Å². The van der Waals surface area contributed by atoms with E-state index in [0.717, 1.165) is 18.2 Å². The van der Waals surface area contributed by atoms with Crippen LogP contribution in [0.15, 0.2) is 66.7 Å². The van der Waals surface area contributed by atoms with E-state index in [-0.39, 0.29) is 36.2 Å². The Labute approximate surface area is 198 Å². The third kappa shape index (κ3) is 7.28. The number of carbonyl (C=O) groups is 2. The van der Waals surface area contributed by atoms with Gasteiger partial charge in [0.1, 0.15) is 23.9 Å². The minimum Gasteiger partial charge on any atom is -0.489 e. The summed E-state index contributed by atoms with van der Waals surface area (Å²) in [5.74, 6) is -1.18. The van der Waals surface area contributed by atoms with Gasteiger partial charge in [0, 0.05) is 18.2 Å².